The van der Waals surface area contributed by atoms with Crippen molar-refractivity contribution < 1.29 is 14.3 Å². The van der Waals surface area contributed by atoms with E-state index in [2.05, 4.69) is 10.2 Å². The molecule has 16 heavy (non-hydrogen) atoms. The third-order valence-electron chi connectivity index (χ3n) is 2.09. The van der Waals surface area contributed by atoms with E-state index in [0.29, 0.717) is 0 Å². The smallest absolute Gasteiger partial charge is 0.337 e. The summed E-state index contributed by atoms with van der Waals surface area (Å²) >= 11 is 5.87. The number of nitrogens with zero attached hydrogens (tertiary/aromatic N) is 1. The third kappa shape index (κ3) is 1.65. The highest BCUT2D eigenvalue weighted by Gasteiger charge is 2.16. The number of hydrogen-bond donors (Lipinski definition) is 2. The van der Waals surface area contributed by atoms with E-state index in [1.54, 1.807) is 0 Å². The Hall–Kier alpha value is -1.88. The molecule has 2 aromatic rings. The first kappa shape index (κ1) is 10.6. The molecule has 0 fully saturated rings. The van der Waals surface area contributed by atoms with Gasteiger partial charge in [-0.1, -0.05) is 23.7 Å². The molecule has 0 unspecified atom stereocenters. The van der Waals surface area contributed by atoms with Gasteiger partial charge in [-0.05, 0) is 6.07 Å². The number of rotatable bonds is 2. The van der Waals surface area contributed by atoms with Gasteiger partial charge >= 0.3 is 5.97 Å². The van der Waals surface area contributed by atoms with E-state index in [9.17, 15) is 9.18 Å². The van der Waals surface area contributed by atoms with Crippen LogP contribution in [-0.2, 0) is 0 Å². The minimum Gasteiger partial charge on any atom is -0.478 e. The van der Waals surface area contributed by atoms with Gasteiger partial charge in [0.25, 0.3) is 0 Å². The number of H-pyrrole nitrogens is 1. The number of aromatic amines is 1. The molecule has 6 heteroatoms. The van der Waals surface area contributed by atoms with Crippen LogP contribution in [-0.4, -0.2) is 21.3 Å². The predicted octanol–water partition coefficient (Wildman–Crippen LogP) is 2.57. The largest absolute Gasteiger partial charge is 0.478 e. The molecule has 4 nitrogen and oxygen atoms in total. The van der Waals surface area contributed by atoms with Crippen LogP contribution in [0.4, 0.5) is 4.39 Å². The Balaban J connectivity index is 2.63. The number of hydrogen-bond acceptors (Lipinski definition) is 2. The molecule has 0 saturated heterocycles. The first-order valence-electron chi connectivity index (χ1n) is 4.32. The molecule has 0 saturated carbocycles. The van der Waals surface area contributed by atoms with Crippen LogP contribution in [0.3, 0.4) is 0 Å². The second-order valence-electron chi connectivity index (χ2n) is 3.07. The molecule has 2 rings (SSSR count). The Kier molecular flexibility index (Phi) is 2.62. The van der Waals surface area contributed by atoms with Gasteiger partial charge in [0.05, 0.1) is 16.8 Å². The van der Waals surface area contributed by atoms with Crippen molar-refractivity contribution in [2.45, 2.75) is 0 Å². The zero-order valence-electron chi connectivity index (χ0n) is 7.87. The highest BCUT2D eigenvalue weighted by molar-refractivity contribution is 6.36. The monoisotopic (exact) mass is 240 g/mol. The predicted molar refractivity (Wildman–Crippen MR) is 56.0 cm³/mol. The molecule has 0 atom stereocenters. The highest BCUT2D eigenvalue weighted by Crippen LogP contribution is 2.30. The summed E-state index contributed by atoms with van der Waals surface area (Å²) in [7, 11) is 0. The lowest BCUT2D eigenvalue weighted by Crippen LogP contribution is -1.98. The van der Waals surface area contributed by atoms with Gasteiger partial charge in [-0.15, -0.1) is 0 Å². The van der Waals surface area contributed by atoms with Gasteiger partial charge < -0.3 is 5.11 Å². The molecule has 0 radical (unpaired) electrons. The zero-order chi connectivity index (χ0) is 11.7. The Morgan fingerprint density at radius 1 is 1.50 bits per heavy atom. The summed E-state index contributed by atoms with van der Waals surface area (Å²) in [5, 5.41) is 14.8. The number of aromatic nitrogens is 2. The molecule has 1 heterocycles. The maximum atomic E-state index is 13.2. The average molecular weight is 241 g/mol. The lowest BCUT2D eigenvalue weighted by Gasteiger charge is -2.04. The fourth-order valence-electron chi connectivity index (χ4n) is 1.35. The molecular formula is C10H6ClFN2O2. The second kappa shape index (κ2) is 3.94. The van der Waals surface area contributed by atoms with Gasteiger partial charge in [-0.25, -0.2) is 9.18 Å². The molecular weight excluding hydrogens is 235 g/mol. The maximum Gasteiger partial charge on any atom is 0.337 e. The number of nitrogens with one attached hydrogen (secondary N) is 1. The topological polar surface area (TPSA) is 66.0 Å². The fraction of sp³-hybridized carbons (Fsp3) is 0. The van der Waals surface area contributed by atoms with Crippen LogP contribution in [0.2, 0.25) is 5.02 Å². The summed E-state index contributed by atoms with van der Waals surface area (Å²) in [6.07, 6.45) is 0.999. The number of carboxylic acids is 1. The molecule has 0 aliphatic heterocycles. The number of carboxylic acid groups (broad SMARTS) is 1. The van der Waals surface area contributed by atoms with Crippen LogP contribution < -0.4 is 0 Å². The van der Waals surface area contributed by atoms with Crippen molar-refractivity contribution in [3.05, 3.63) is 40.8 Å². The van der Waals surface area contributed by atoms with Gasteiger partial charge in [-0.3, -0.25) is 5.10 Å². The van der Waals surface area contributed by atoms with E-state index in [1.807, 2.05) is 0 Å². The van der Waals surface area contributed by atoms with E-state index >= 15 is 0 Å². The van der Waals surface area contributed by atoms with Crippen molar-refractivity contribution >= 4 is 17.6 Å². The molecule has 2 N–H and O–H groups in total. The number of halogens is 2. The quantitative estimate of drug-likeness (QED) is 0.848. The highest BCUT2D eigenvalue weighted by atomic mass is 35.5. The Morgan fingerprint density at radius 3 is 2.81 bits per heavy atom. The molecule has 0 bridgehead atoms. The van der Waals surface area contributed by atoms with E-state index in [0.717, 1.165) is 6.20 Å². The minimum atomic E-state index is -1.16. The Morgan fingerprint density at radius 2 is 2.25 bits per heavy atom. The Bertz CT molecular complexity index is 554. The lowest BCUT2D eigenvalue weighted by molar-refractivity contribution is 0.0697. The average Bonchev–Trinajstić information content (AvgIpc) is 2.64. The van der Waals surface area contributed by atoms with E-state index in [4.69, 9.17) is 16.7 Å². The molecule has 1 aromatic carbocycles. The third-order valence-corrected chi connectivity index (χ3v) is 2.50. The van der Waals surface area contributed by atoms with Crippen molar-refractivity contribution in [1.29, 1.82) is 0 Å². The van der Waals surface area contributed by atoms with Crippen LogP contribution in [0, 0.1) is 5.82 Å². The fourth-order valence-corrected chi connectivity index (χ4v) is 1.65. The van der Waals surface area contributed by atoms with Gasteiger partial charge in [0.2, 0.25) is 0 Å². The molecule has 0 spiro atoms. The number of benzene rings is 1. The summed E-state index contributed by atoms with van der Waals surface area (Å²) in [5.41, 5.74) is 0.276. The standard InChI is InChI=1S/C10H6ClFN2O2/c11-8-5(9-7(12)4-13-14-9)2-1-3-6(8)10(15)16/h1-4H,(H,13,14)(H,15,16). The van der Waals surface area contributed by atoms with E-state index in [1.165, 1.54) is 18.2 Å². The normalized spacial score (nSPS) is 10.4. The van der Waals surface area contributed by atoms with Gasteiger partial charge in [0.15, 0.2) is 5.82 Å². The van der Waals surface area contributed by atoms with E-state index < -0.39 is 11.8 Å². The number of carbonyl (C=O) groups is 1. The SMILES string of the molecule is O=C(O)c1cccc(-c2[nH]ncc2F)c1Cl. The number of aromatic carboxylic acids is 1. The van der Waals surface area contributed by atoms with Crippen molar-refractivity contribution in [2.75, 3.05) is 0 Å². The van der Waals surface area contributed by atoms with Crippen LogP contribution in [0.25, 0.3) is 11.3 Å². The van der Waals surface area contributed by atoms with Crippen LogP contribution in [0.5, 0.6) is 0 Å². The van der Waals surface area contributed by atoms with Gasteiger partial charge in [0, 0.05) is 5.56 Å². The summed E-state index contributed by atoms with van der Waals surface area (Å²) in [4.78, 5) is 10.8. The summed E-state index contributed by atoms with van der Waals surface area (Å²) in [5.74, 6) is -1.74. The maximum absolute atomic E-state index is 13.2. The molecule has 1 aromatic heterocycles. The Labute approximate surface area is 94.7 Å². The summed E-state index contributed by atoms with van der Waals surface area (Å²) in [6.45, 7) is 0. The zero-order valence-corrected chi connectivity index (χ0v) is 8.62. The van der Waals surface area contributed by atoms with Crippen LogP contribution in [0.15, 0.2) is 24.4 Å². The van der Waals surface area contributed by atoms with Gasteiger partial charge in [-0.2, -0.15) is 5.10 Å². The molecule has 0 aliphatic rings. The van der Waals surface area contributed by atoms with Crippen molar-refractivity contribution in [3.63, 3.8) is 0 Å². The first-order chi connectivity index (χ1) is 7.61. The van der Waals surface area contributed by atoms with Crippen LogP contribution in [0.1, 0.15) is 10.4 Å². The second-order valence-corrected chi connectivity index (χ2v) is 3.44. The first-order valence-corrected chi connectivity index (χ1v) is 4.70. The van der Waals surface area contributed by atoms with Crippen molar-refractivity contribution in [2.24, 2.45) is 0 Å². The molecule has 82 valence electrons. The van der Waals surface area contributed by atoms with Crippen LogP contribution >= 0.6 is 11.6 Å². The van der Waals surface area contributed by atoms with Crippen molar-refractivity contribution in [3.8, 4) is 11.3 Å². The molecule has 0 aliphatic carbocycles. The summed E-state index contributed by atoms with van der Waals surface area (Å²) < 4.78 is 13.2. The van der Waals surface area contributed by atoms with E-state index in [-0.39, 0.29) is 21.8 Å². The summed E-state index contributed by atoms with van der Waals surface area (Å²) in [6, 6.07) is 4.36. The molecule has 0 amide bonds. The van der Waals surface area contributed by atoms with Crippen molar-refractivity contribution in [1.82, 2.24) is 10.2 Å². The lowest BCUT2D eigenvalue weighted by atomic mass is 10.1. The minimum absolute atomic E-state index is 0.0156. The van der Waals surface area contributed by atoms with Gasteiger partial charge in [0.1, 0.15) is 5.69 Å².